The molecular weight excluding hydrogens is 722 g/mol. The maximum atomic E-state index is 14.1. The second kappa shape index (κ2) is 18.5. The van der Waals surface area contributed by atoms with Crippen molar-refractivity contribution in [3.05, 3.63) is 136 Å². The van der Waals surface area contributed by atoms with Gasteiger partial charge in [0.05, 0.1) is 30.0 Å². The standard InChI is InChI=1S/C38H36BrN3O7S/c1-5-8-19-28(6-2)42-37(46)29(20-25-21-30(39)35(31(22-25)48-7-3)49-23-33(44)47-4)36(45)41-38(42)50-24-32(43)40-34(26-15-11-9-12-16-26)27-17-13-10-14-18-27/h5-6,8-22,34H,1,7,23-24H2,2-4H3,(H,40,43)/b19-8-,28-6+,29-20+. The number of hydrogen-bond donors (Lipinski definition) is 1. The third-order valence-electron chi connectivity index (χ3n) is 7.12. The lowest BCUT2D eigenvalue weighted by Crippen LogP contribution is -2.42. The number of carbonyl (C=O) groups excluding carboxylic acids is 4. The highest BCUT2D eigenvalue weighted by Gasteiger charge is 2.35. The number of methoxy groups -OCH3 is 1. The monoisotopic (exact) mass is 757 g/mol. The molecule has 50 heavy (non-hydrogen) atoms. The normalized spacial score (nSPS) is 14.2. The molecule has 0 saturated carbocycles. The number of esters is 1. The highest BCUT2D eigenvalue weighted by molar-refractivity contribution is 9.10. The number of carbonyl (C=O) groups is 4. The van der Waals surface area contributed by atoms with Gasteiger partial charge in [0.25, 0.3) is 11.8 Å². The Morgan fingerprint density at radius 2 is 1.70 bits per heavy atom. The zero-order valence-electron chi connectivity index (χ0n) is 27.8. The van der Waals surface area contributed by atoms with Gasteiger partial charge in [-0.25, -0.2) is 4.79 Å². The molecule has 1 aliphatic heterocycles. The van der Waals surface area contributed by atoms with Gasteiger partial charge in [0.1, 0.15) is 5.57 Å². The molecule has 0 radical (unpaired) electrons. The van der Waals surface area contributed by atoms with Crippen LogP contribution in [-0.4, -0.2) is 59.8 Å². The number of nitrogens with one attached hydrogen (secondary N) is 1. The third kappa shape index (κ3) is 9.70. The Hall–Kier alpha value is -5.20. The van der Waals surface area contributed by atoms with Gasteiger partial charge in [-0.1, -0.05) is 97.2 Å². The molecule has 3 aromatic carbocycles. The van der Waals surface area contributed by atoms with E-state index in [0.29, 0.717) is 15.7 Å². The number of nitrogens with zero attached hydrogens (tertiary/aromatic N) is 2. The molecule has 0 aliphatic carbocycles. The first-order chi connectivity index (χ1) is 24.2. The number of hydrogen-bond acceptors (Lipinski definition) is 8. The fraction of sp³-hybridized carbons (Fsp3) is 0.184. The second-order valence-electron chi connectivity index (χ2n) is 10.4. The molecule has 0 bridgehead atoms. The van der Waals surface area contributed by atoms with Crippen LogP contribution >= 0.6 is 27.7 Å². The molecule has 0 aromatic heterocycles. The number of thioether (sulfide) groups is 1. The van der Waals surface area contributed by atoms with Crippen LogP contribution in [0.5, 0.6) is 11.5 Å². The van der Waals surface area contributed by atoms with E-state index in [4.69, 9.17) is 9.47 Å². The Morgan fingerprint density at radius 3 is 2.28 bits per heavy atom. The molecule has 258 valence electrons. The minimum Gasteiger partial charge on any atom is -0.490 e. The van der Waals surface area contributed by atoms with Crippen LogP contribution in [0.2, 0.25) is 0 Å². The van der Waals surface area contributed by atoms with Gasteiger partial charge < -0.3 is 19.5 Å². The average molecular weight is 759 g/mol. The van der Waals surface area contributed by atoms with E-state index < -0.39 is 23.8 Å². The highest BCUT2D eigenvalue weighted by atomic mass is 79.9. The van der Waals surface area contributed by atoms with Crippen LogP contribution in [0.25, 0.3) is 6.08 Å². The molecule has 0 atom stereocenters. The second-order valence-corrected chi connectivity index (χ2v) is 12.2. The van der Waals surface area contributed by atoms with Crippen molar-refractivity contribution in [3.63, 3.8) is 0 Å². The van der Waals surface area contributed by atoms with Crippen molar-refractivity contribution in [2.75, 3.05) is 26.1 Å². The van der Waals surface area contributed by atoms with Gasteiger partial charge >= 0.3 is 5.97 Å². The Bertz CT molecular complexity index is 1820. The summed E-state index contributed by atoms with van der Waals surface area (Å²) in [6, 6.07) is 22.0. The quantitative estimate of drug-likeness (QED) is 0.0826. The van der Waals surface area contributed by atoms with Crippen molar-refractivity contribution in [1.29, 1.82) is 0 Å². The Morgan fingerprint density at radius 1 is 1.04 bits per heavy atom. The van der Waals surface area contributed by atoms with E-state index in [0.717, 1.165) is 22.9 Å². The number of amides is 3. The Balaban J connectivity index is 1.65. The molecule has 3 aromatic rings. The molecule has 1 heterocycles. The summed E-state index contributed by atoms with van der Waals surface area (Å²) in [6.07, 6.45) is 7.97. The van der Waals surface area contributed by atoms with Gasteiger partial charge in [-0.15, -0.1) is 0 Å². The summed E-state index contributed by atoms with van der Waals surface area (Å²) in [4.78, 5) is 58.2. The summed E-state index contributed by atoms with van der Waals surface area (Å²) in [7, 11) is 1.25. The highest BCUT2D eigenvalue weighted by Crippen LogP contribution is 2.38. The number of halogens is 1. The molecular formula is C38H36BrN3O7S. The summed E-state index contributed by atoms with van der Waals surface area (Å²) in [6.45, 7) is 7.17. The van der Waals surface area contributed by atoms with Crippen molar-refractivity contribution < 1.29 is 33.4 Å². The van der Waals surface area contributed by atoms with Crippen LogP contribution in [0.4, 0.5) is 0 Å². The third-order valence-corrected chi connectivity index (χ3v) is 8.65. The van der Waals surface area contributed by atoms with Gasteiger partial charge in [-0.2, -0.15) is 4.99 Å². The van der Waals surface area contributed by atoms with Gasteiger partial charge in [-0.3, -0.25) is 19.3 Å². The van der Waals surface area contributed by atoms with E-state index in [9.17, 15) is 19.2 Å². The lowest BCUT2D eigenvalue weighted by molar-refractivity contribution is -0.143. The molecule has 1 N–H and O–H groups in total. The van der Waals surface area contributed by atoms with E-state index in [-0.39, 0.29) is 47.1 Å². The van der Waals surface area contributed by atoms with E-state index in [2.05, 4.69) is 37.6 Å². The molecule has 4 rings (SSSR count). The van der Waals surface area contributed by atoms with E-state index in [1.165, 1.54) is 18.1 Å². The molecule has 0 saturated heterocycles. The topological polar surface area (TPSA) is 124 Å². The van der Waals surface area contributed by atoms with E-state index in [1.54, 1.807) is 50.3 Å². The average Bonchev–Trinajstić information content (AvgIpc) is 3.12. The number of rotatable bonds is 14. The first-order valence-corrected chi connectivity index (χ1v) is 17.3. The SMILES string of the molecule is C=C/C=C\C(=C/C)N1C(=O)/C(=C/c2cc(Br)c(OCC(=O)OC)c(OCC)c2)C(=O)N=C1SCC(=O)NC(c1ccccc1)c1ccccc1. The van der Waals surface area contributed by atoms with Crippen LogP contribution in [0.3, 0.4) is 0 Å². The predicted octanol–water partition coefficient (Wildman–Crippen LogP) is 6.79. The van der Waals surface area contributed by atoms with Crippen LogP contribution in [0, 0.1) is 0 Å². The molecule has 3 amide bonds. The smallest absolute Gasteiger partial charge is 0.343 e. The molecule has 0 unspecified atom stereocenters. The summed E-state index contributed by atoms with van der Waals surface area (Å²) in [5.41, 5.74) is 2.46. The molecule has 0 spiro atoms. The predicted molar refractivity (Wildman–Crippen MR) is 199 cm³/mol. The van der Waals surface area contributed by atoms with Crippen molar-refractivity contribution >= 4 is 62.6 Å². The van der Waals surface area contributed by atoms with Crippen molar-refractivity contribution in [1.82, 2.24) is 10.2 Å². The Labute approximate surface area is 303 Å². The fourth-order valence-corrected chi connectivity index (χ4v) is 6.21. The molecule has 0 fully saturated rings. The lowest BCUT2D eigenvalue weighted by atomic mass is 9.99. The number of amidine groups is 1. The van der Waals surface area contributed by atoms with Crippen molar-refractivity contribution in [2.45, 2.75) is 19.9 Å². The van der Waals surface area contributed by atoms with Gasteiger partial charge in [-0.05, 0) is 70.8 Å². The zero-order chi connectivity index (χ0) is 36.0. The first-order valence-electron chi connectivity index (χ1n) is 15.5. The summed E-state index contributed by atoms with van der Waals surface area (Å²) < 4.78 is 16.4. The largest absolute Gasteiger partial charge is 0.490 e. The Kier molecular flexibility index (Phi) is 13.9. The fourth-order valence-electron chi connectivity index (χ4n) is 4.82. The van der Waals surface area contributed by atoms with Crippen LogP contribution in [0.1, 0.15) is 36.6 Å². The first kappa shape index (κ1) is 37.6. The van der Waals surface area contributed by atoms with Crippen molar-refractivity contribution in [2.24, 2.45) is 4.99 Å². The van der Waals surface area contributed by atoms with E-state index in [1.807, 2.05) is 60.7 Å². The van der Waals surface area contributed by atoms with Gasteiger partial charge in [0.15, 0.2) is 23.3 Å². The number of ether oxygens (including phenoxy) is 3. The molecule has 1 aliphatic rings. The maximum absolute atomic E-state index is 14.1. The number of benzene rings is 3. The zero-order valence-corrected chi connectivity index (χ0v) is 30.2. The van der Waals surface area contributed by atoms with E-state index >= 15 is 0 Å². The molecule has 10 nitrogen and oxygen atoms in total. The summed E-state index contributed by atoms with van der Waals surface area (Å²) in [5, 5.41) is 3.13. The summed E-state index contributed by atoms with van der Waals surface area (Å²) in [5.74, 6) is -1.89. The lowest BCUT2D eigenvalue weighted by Gasteiger charge is -2.28. The van der Waals surface area contributed by atoms with Crippen LogP contribution in [0.15, 0.2) is 124 Å². The van der Waals surface area contributed by atoms with Crippen LogP contribution in [-0.2, 0) is 23.9 Å². The van der Waals surface area contributed by atoms with Crippen LogP contribution < -0.4 is 14.8 Å². The minimum absolute atomic E-state index is 0.0489. The number of allylic oxidation sites excluding steroid dienone is 4. The van der Waals surface area contributed by atoms with Gasteiger partial charge in [0, 0.05) is 5.70 Å². The number of aliphatic imine (C=N–C) groups is 1. The minimum atomic E-state index is -0.774. The summed E-state index contributed by atoms with van der Waals surface area (Å²) >= 11 is 4.41. The maximum Gasteiger partial charge on any atom is 0.343 e. The van der Waals surface area contributed by atoms with Gasteiger partial charge in [0.2, 0.25) is 5.91 Å². The molecule has 12 heteroatoms. The van der Waals surface area contributed by atoms with Crippen molar-refractivity contribution in [3.8, 4) is 11.5 Å².